The highest BCUT2D eigenvalue weighted by atomic mass is 32.2. The normalized spacial score (nSPS) is 19.1. The summed E-state index contributed by atoms with van der Waals surface area (Å²) in [6.07, 6.45) is 6.29. The lowest BCUT2D eigenvalue weighted by Gasteiger charge is -2.29. The Labute approximate surface area is 165 Å². The van der Waals surface area contributed by atoms with Crippen LogP contribution in [0.25, 0.3) is 0 Å². The predicted octanol–water partition coefficient (Wildman–Crippen LogP) is 2.95. The Morgan fingerprint density at radius 1 is 1.00 bits per heavy atom. The van der Waals surface area contributed by atoms with Gasteiger partial charge in [0.2, 0.25) is 10.0 Å². The van der Waals surface area contributed by atoms with Gasteiger partial charge in [0, 0.05) is 12.6 Å². The molecule has 0 aliphatic carbocycles. The second-order valence-corrected chi connectivity index (χ2v) is 8.91. The van der Waals surface area contributed by atoms with E-state index in [9.17, 15) is 8.42 Å². The number of hydrogen-bond acceptors (Lipinski definition) is 6. The van der Waals surface area contributed by atoms with Gasteiger partial charge in [-0.2, -0.15) is 0 Å². The smallest absolute Gasteiger partial charge is 0.240 e. The Kier molecular flexibility index (Phi) is 5.89. The summed E-state index contributed by atoms with van der Waals surface area (Å²) in [6.45, 7) is 3.02. The second-order valence-electron chi connectivity index (χ2n) is 7.14. The van der Waals surface area contributed by atoms with Crippen molar-refractivity contribution in [3.8, 4) is 11.5 Å². The van der Waals surface area contributed by atoms with Crippen molar-refractivity contribution in [1.82, 2.24) is 9.62 Å². The molecular weight excluding hydrogens is 380 g/mol. The Hall–Kier alpha value is -2.03. The third-order valence-corrected chi connectivity index (χ3v) is 6.66. The zero-order valence-electron chi connectivity index (χ0n) is 15.8. The van der Waals surface area contributed by atoms with Crippen LogP contribution in [0.2, 0.25) is 0 Å². The molecule has 2 aliphatic rings. The SMILES string of the molecule is O=S(=O)(NCC(c1ccco1)N1CCCCCC1)c1ccc2c(c1)OCCO2. The van der Waals surface area contributed by atoms with Crippen LogP contribution in [0.5, 0.6) is 11.5 Å². The molecule has 7 nitrogen and oxygen atoms in total. The Bertz CT molecular complexity index is 874. The summed E-state index contributed by atoms with van der Waals surface area (Å²) in [7, 11) is -3.68. The summed E-state index contributed by atoms with van der Waals surface area (Å²) < 4.78 is 45.1. The number of nitrogens with one attached hydrogen (secondary N) is 1. The highest BCUT2D eigenvalue weighted by Gasteiger charge is 2.27. The number of benzene rings is 1. The van der Waals surface area contributed by atoms with Crippen LogP contribution in [0.1, 0.15) is 37.5 Å². The fourth-order valence-corrected chi connectivity index (χ4v) is 4.81. The van der Waals surface area contributed by atoms with Crippen LogP contribution >= 0.6 is 0 Å². The molecule has 1 unspecified atom stereocenters. The third-order valence-electron chi connectivity index (χ3n) is 5.24. The van der Waals surface area contributed by atoms with Crippen molar-refractivity contribution in [1.29, 1.82) is 0 Å². The lowest BCUT2D eigenvalue weighted by molar-refractivity contribution is 0.171. The van der Waals surface area contributed by atoms with Crippen molar-refractivity contribution in [3.63, 3.8) is 0 Å². The number of nitrogens with zero attached hydrogens (tertiary/aromatic N) is 1. The molecule has 0 amide bonds. The molecule has 0 saturated carbocycles. The molecule has 1 fully saturated rings. The van der Waals surface area contributed by atoms with Gasteiger partial charge in [-0.05, 0) is 50.2 Å². The van der Waals surface area contributed by atoms with E-state index in [4.69, 9.17) is 13.9 Å². The van der Waals surface area contributed by atoms with E-state index < -0.39 is 10.0 Å². The van der Waals surface area contributed by atoms with Gasteiger partial charge >= 0.3 is 0 Å². The molecule has 0 bridgehead atoms. The minimum Gasteiger partial charge on any atom is -0.486 e. The minimum absolute atomic E-state index is 0.125. The van der Waals surface area contributed by atoms with Gasteiger partial charge in [0.25, 0.3) is 0 Å². The van der Waals surface area contributed by atoms with Gasteiger partial charge in [-0.1, -0.05) is 12.8 Å². The number of furan rings is 1. The summed E-state index contributed by atoms with van der Waals surface area (Å²) in [6, 6.07) is 8.33. The third kappa shape index (κ3) is 4.34. The maximum Gasteiger partial charge on any atom is 0.240 e. The van der Waals surface area contributed by atoms with Crippen LogP contribution in [-0.2, 0) is 10.0 Å². The first kappa shape index (κ1) is 19.3. The van der Waals surface area contributed by atoms with Crippen LogP contribution in [0.3, 0.4) is 0 Å². The van der Waals surface area contributed by atoms with Crippen LogP contribution in [0.15, 0.2) is 45.9 Å². The monoisotopic (exact) mass is 406 g/mol. The average Bonchev–Trinajstić information content (AvgIpc) is 3.10. The molecular formula is C20H26N2O5S. The summed E-state index contributed by atoms with van der Waals surface area (Å²) >= 11 is 0. The standard InChI is InChI=1S/C20H26N2O5S/c23-28(24,16-7-8-19-20(14-16)27-13-12-26-19)21-15-17(18-6-5-11-25-18)22-9-3-1-2-4-10-22/h5-8,11,14,17,21H,1-4,9-10,12-13,15H2. The highest BCUT2D eigenvalue weighted by molar-refractivity contribution is 7.89. The topological polar surface area (TPSA) is 81.0 Å². The fourth-order valence-electron chi connectivity index (χ4n) is 3.76. The average molecular weight is 407 g/mol. The number of hydrogen-bond donors (Lipinski definition) is 1. The summed E-state index contributed by atoms with van der Waals surface area (Å²) in [5, 5.41) is 0. The Morgan fingerprint density at radius 3 is 2.46 bits per heavy atom. The van der Waals surface area contributed by atoms with Crippen molar-refractivity contribution in [2.75, 3.05) is 32.8 Å². The summed E-state index contributed by atoms with van der Waals surface area (Å²) in [5.41, 5.74) is 0. The minimum atomic E-state index is -3.68. The molecule has 2 aromatic rings. The van der Waals surface area contributed by atoms with E-state index in [-0.39, 0.29) is 17.5 Å². The maximum atomic E-state index is 12.9. The van der Waals surface area contributed by atoms with Gasteiger partial charge in [0.15, 0.2) is 11.5 Å². The van der Waals surface area contributed by atoms with Crippen molar-refractivity contribution in [2.24, 2.45) is 0 Å². The van der Waals surface area contributed by atoms with Crippen LogP contribution in [0.4, 0.5) is 0 Å². The maximum absolute atomic E-state index is 12.9. The van der Waals surface area contributed by atoms with Crippen molar-refractivity contribution in [3.05, 3.63) is 42.4 Å². The van der Waals surface area contributed by atoms with E-state index in [0.717, 1.165) is 31.7 Å². The zero-order valence-corrected chi connectivity index (χ0v) is 16.6. The Morgan fingerprint density at radius 2 is 1.75 bits per heavy atom. The number of fused-ring (bicyclic) bond motifs is 1. The second kappa shape index (κ2) is 8.55. The molecule has 2 aliphatic heterocycles. The largest absolute Gasteiger partial charge is 0.486 e. The van der Waals surface area contributed by atoms with E-state index in [2.05, 4.69) is 9.62 Å². The molecule has 1 aromatic carbocycles. The number of rotatable bonds is 6. The molecule has 1 saturated heterocycles. The van der Waals surface area contributed by atoms with Gasteiger partial charge in [0.05, 0.1) is 17.2 Å². The number of likely N-dealkylation sites (tertiary alicyclic amines) is 1. The van der Waals surface area contributed by atoms with Crippen molar-refractivity contribution >= 4 is 10.0 Å². The van der Waals surface area contributed by atoms with Crippen LogP contribution < -0.4 is 14.2 Å². The molecule has 0 spiro atoms. The lowest BCUT2D eigenvalue weighted by atomic mass is 10.2. The predicted molar refractivity (Wildman–Crippen MR) is 104 cm³/mol. The van der Waals surface area contributed by atoms with Gasteiger partial charge in [-0.25, -0.2) is 13.1 Å². The first-order valence-electron chi connectivity index (χ1n) is 9.80. The highest BCUT2D eigenvalue weighted by Crippen LogP contribution is 2.32. The molecule has 28 heavy (non-hydrogen) atoms. The molecule has 152 valence electrons. The molecule has 3 heterocycles. The molecule has 1 N–H and O–H groups in total. The van der Waals surface area contributed by atoms with E-state index in [1.54, 1.807) is 18.4 Å². The number of ether oxygens (including phenoxy) is 2. The molecule has 0 radical (unpaired) electrons. The van der Waals surface area contributed by atoms with E-state index in [1.807, 2.05) is 12.1 Å². The van der Waals surface area contributed by atoms with Gasteiger partial charge < -0.3 is 13.9 Å². The molecule has 4 rings (SSSR count). The van der Waals surface area contributed by atoms with Gasteiger partial charge in [-0.15, -0.1) is 0 Å². The van der Waals surface area contributed by atoms with E-state index in [1.165, 1.54) is 18.9 Å². The Balaban J connectivity index is 1.51. The molecule has 8 heteroatoms. The molecule has 1 aromatic heterocycles. The van der Waals surface area contributed by atoms with Crippen molar-refractivity contribution in [2.45, 2.75) is 36.6 Å². The first-order valence-corrected chi connectivity index (χ1v) is 11.3. The number of sulfonamides is 1. The van der Waals surface area contributed by atoms with Gasteiger partial charge in [0.1, 0.15) is 19.0 Å². The summed E-state index contributed by atoms with van der Waals surface area (Å²) in [4.78, 5) is 2.49. The van der Waals surface area contributed by atoms with Crippen molar-refractivity contribution < 1.29 is 22.3 Å². The quantitative estimate of drug-likeness (QED) is 0.794. The van der Waals surface area contributed by atoms with E-state index >= 15 is 0 Å². The lowest BCUT2D eigenvalue weighted by Crippen LogP contribution is -2.38. The van der Waals surface area contributed by atoms with E-state index in [0.29, 0.717) is 24.7 Å². The summed E-state index contributed by atoms with van der Waals surface area (Å²) in [5.74, 6) is 1.82. The van der Waals surface area contributed by atoms with Crippen LogP contribution in [0, 0.1) is 0 Å². The zero-order chi connectivity index (χ0) is 19.4. The van der Waals surface area contributed by atoms with Crippen LogP contribution in [-0.4, -0.2) is 46.2 Å². The molecule has 1 atom stereocenters. The van der Waals surface area contributed by atoms with Gasteiger partial charge in [-0.3, -0.25) is 4.90 Å². The fraction of sp³-hybridized carbons (Fsp3) is 0.500. The first-order chi connectivity index (χ1) is 13.6.